The molecule has 6 rings (SSSR count). The lowest BCUT2D eigenvalue weighted by Gasteiger charge is -2.13. The van der Waals surface area contributed by atoms with Gasteiger partial charge in [0.25, 0.3) is 0 Å². The summed E-state index contributed by atoms with van der Waals surface area (Å²) < 4.78 is 39.5. The quantitative estimate of drug-likeness (QED) is 0.0128. The summed E-state index contributed by atoms with van der Waals surface area (Å²) in [7, 11) is 1.73. The van der Waals surface area contributed by atoms with Crippen molar-refractivity contribution in [3.05, 3.63) is 144 Å². The van der Waals surface area contributed by atoms with Crippen LogP contribution in [0.3, 0.4) is 0 Å². The summed E-state index contributed by atoms with van der Waals surface area (Å²) in [6.07, 6.45) is 14.8. The van der Waals surface area contributed by atoms with Gasteiger partial charge in [0, 0.05) is 48.3 Å². The molecule has 12 heteroatoms. The van der Waals surface area contributed by atoms with E-state index in [4.69, 9.17) is 38.1 Å². The zero-order chi connectivity index (χ0) is 49.9. The smallest absolute Gasteiger partial charge is 0.338 e. The van der Waals surface area contributed by atoms with E-state index in [9.17, 15) is 14.4 Å². The number of carbonyl (C=O) groups is 3. The molecule has 11 nitrogen and oxygen atoms in total. The third kappa shape index (κ3) is 18.4. The highest BCUT2D eigenvalue weighted by atomic mass is 32.2. The number of fused-ring (bicyclic) bond motifs is 3. The number of methoxy groups -OCH3 is 1. The van der Waals surface area contributed by atoms with E-state index in [-0.39, 0.29) is 19.2 Å². The van der Waals surface area contributed by atoms with E-state index in [1.165, 1.54) is 30.7 Å². The molecule has 0 spiro atoms. The fourth-order valence-corrected chi connectivity index (χ4v) is 8.73. The van der Waals surface area contributed by atoms with Crippen molar-refractivity contribution in [3.63, 3.8) is 0 Å². The minimum atomic E-state index is -0.436. The maximum atomic E-state index is 13.5. The molecule has 71 heavy (non-hydrogen) atoms. The Labute approximate surface area is 423 Å². The van der Waals surface area contributed by atoms with Gasteiger partial charge >= 0.3 is 17.9 Å². The monoisotopic (exact) mass is 983 g/mol. The molecule has 0 aliphatic rings. The first-order chi connectivity index (χ1) is 34.8. The van der Waals surface area contributed by atoms with E-state index >= 15 is 0 Å². The Hall–Kier alpha value is -6.37. The highest BCUT2D eigenvalue weighted by Crippen LogP contribution is 2.37. The molecule has 376 valence electrons. The summed E-state index contributed by atoms with van der Waals surface area (Å²) in [5, 5.41) is 3.22. The van der Waals surface area contributed by atoms with E-state index in [0.717, 1.165) is 120 Å². The number of esters is 3. The summed E-state index contributed by atoms with van der Waals surface area (Å²) in [5.74, 6) is 1.18. The predicted octanol–water partition coefficient (Wildman–Crippen LogP) is 13.6. The van der Waals surface area contributed by atoms with E-state index in [0.29, 0.717) is 60.9 Å². The van der Waals surface area contributed by atoms with E-state index in [2.05, 4.69) is 13.5 Å². The normalized spacial score (nSPS) is 11.1. The maximum Gasteiger partial charge on any atom is 0.338 e. The van der Waals surface area contributed by atoms with Crippen LogP contribution in [0.1, 0.15) is 116 Å². The van der Waals surface area contributed by atoms with Gasteiger partial charge in [-0.3, -0.25) is 0 Å². The van der Waals surface area contributed by atoms with Gasteiger partial charge in [0.05, 0.1) is 56.3 Å². The number of nitrogens with zero attached hydrogens (tertiary/aromatic N) is 1. The number of unbranched alkanes of at least 4 members (excludes halogenated alkanes) is 9. The summed E-state index contributed by atoms with van der Waals surface area (Å²) in [5.41, 5.74) is 3.53. The van der Waals surface area contributed by atoms with Gasteiger partial charge in [0.1, 0.15) is 22.3 Å². The van der Waals surface area contributed by atoms with Crippen molar-refractivity contribution in [3.8, 4) is 17.2 Å². The zero-order valence-electron chi connectivity index (χ0n) is 41.5. The Morgan fingerprint density at radius 3 is 1.51 bits per heavy atom. The fourth-order valence-electron chi connectivity index (χ4n) is 7.81. The van der Waals surface area contributed by atoms with Crippen LogP contribution in [0.25, 0.3) is 21.7 Å². The molecule has 5 aromatic carbocycles. The van der Waals surface area contributed by atoms with Crippen molar-refractivity contribution in [2.24, 2.45) is 0 Å². The van der Waals surface area contributed by atoms with Crippen LogP contribution < -0.4 is 14.2 Å². The Morgan fingerprint density at radius 1 is 0.507 bits per heavy atom. The molecular weight excluding hydrogens is 915 g/mol. The number of pyridine rings is 1. The van der Waals surface area contributed by atoms with Crippen LogP contribution in [0, 0.1) is 0 Å². The van der Waals surface area contributed by atoms with Gasteiger partial charge in [0.2, 0.25) is 0 Å². The zero-order valence-corrected chi connectivity index (χ0v) is 42.3. The summed E-state index contributed by atoms with van der Waals surface area (Å²) in [4.78, 5) is 44.1. The second kappa shape index (κ2) is 30.4. The number of carbonyl (C=O) groups excluding carboxylic acids is 3. The molecule has 6 aromatic rings. The van der Waals surface area contributed by atoms with Crippen LogP contribution in [0.2, 0.25) is 0 Å². The molecule has 0 amide bonds. The molecule has 0 aliphatic heterocycles. The van der Waals surface area contributed by atoms with Crippen molar-refractivity contribution in [1.29, 1.82) is 0 Å². The molecule has 0 atom stereocenters. The Bertz CT molecular complexity index is 2580. The van der Waals surface area contributed by atoms with Gasteiger partial charge in [-0.2, -0.15) is 0 Å². The van der Waals surface area contributed by atoms with Gasteiger partial charge in [0.15, 0.2) is 0 Å². The topological polar surface area (TPSA) is 129 Å². The van der Waals surface area contributed by atoms with Crippen LogP contribution in [-0.2, 0) is 36.6 Å². The predicted molar refractivity (Wildman–Crippen MR) is 281 cm³/mol. The second-order valence-corrected chi connectivity index (χ2v) is 18.4. The fraction of sp³-hybridized carbons (Fsp3) is 0.390. The van der Waals surface area contributed by atoms with Crippen molar-refractivity contribution in [2.45, 2.75) is 107 Å². The first kappa shape index (κ1) is 54.0. The third-order valence-corrected chi connectivity index (χ3v) is 12.9. The van der Waals surface area contributed by atoms with Crippen molar-refractivity contribution in [2.75, 3.05) is 53.4 Å². The number of ether oxygens (including phenoxy) is 7. The van der Waals surface area contributed by atoms with E-state index in [1.807, 2.05) is 91.0 Å². The number of rotatable bonds is 33. The molecule has 0 unspecified atom stereocenters. The highest BCUT2D eigenvalue weighted by Gasteiger charge is 2.17. The van der Waals surface area contributed by atoms with Crippen molar-refractivity contribution >= 4 is 51.3 Å². The van der Waals surface area contributed by atoms with Crippen LogP contribution in [-0.4, -0.2) is 76.2 Å². The molecule has 0 N–H and O–H groups in total. The molecule has 0 saturated heterocycles. The lowest BCUT2D eigenvalue weighted by Crippen LogP contribution is -2.09. The highest BCUT2D eigenvalue weighted by molar-refractivity contribution is 7.99. The van der Waals surface area contributed by atoms with Gasteiger partial charge < -0.3 is 33.2 Å². The molecular formula is C59H69NO10S. The Balaban J connectivity index is 1.06. The largest absolute Gasteiger partial charge is 0.494 e. The first-order valence-corrected chi connectivity index (χ1v) is 26.0. The summed E-state index contributed by atoms with van der Waals surface area (Å²) >= 11 is 1.48. The SMILES string of the molecule is C=CC(=O)OCCCCCCOc1ccc(CCOC(=O)c2ccc3c(c2)nc(Sc2ccc(OCCCCCC)cc2)c2cc(C(=O)OCCc4ccc(OCCCCCCOC)cc4)ccc23)cc1. The lowest BCUT2D eigenvalue weighted by molar-refractivity contribution is -0.137. The number of hydrogen-bond acceptors (Lipinski definition) is 12. The molecule has 0 fully saturated rings. The summed E-state index contributed by atoms with van der Waals surface area (Å²) in [6.45, 7) is 9.19. The van der Waals surface area contributed by atoms with Crippen LogP contribution in [0.4, 0.5) is 0 Å². The van der Waals surface area contributed by atoms with E-state index < -0.39 is 11.9 Å². The molecule has 1 heterocycles. The molecule has 0 radical (unpaired) electrons. The number of benzene rings is 5. The molecule has 1 aromatic heterocycles. The second-order valence-electron chi connectivity index (χ2n) is 17.3. The van der Waals surface area contributed by atoms with Gasteiger partial charge in [-0.05, 0) is 141 Å². The Morgan fingerprint density at radius 2 is 0.986 bits per heavy atom. The van der Waals surface area contributed by atoms with Crippen LogP contribution in [0.5, 0.6) is 17.2 Å². The Kier molecular flexibility index (Phi) is 23.1. The van der Waals surface area contributed by atoms with Crippen molar-refractivity contribution in [1.82, 2.24) is 4.98 Å². The average Bonchev–Trinajstić information content (AvgIpc) is 3.40. The minimum absolute atomic E-state index is 0.209. The van der Waals surface area contributed by atoms with Crippen LogP contribution in [0.15, 0.2) is 132 Å². The standard InChI is InChI=1S/C59H69NO10S/c1-4-6-7-13-36-67-50-27-29-51(30-28-50)71-57-54-42-46(58(62)69-40-33-44-17-23-48(24-18-44)65-37-14-9-8-12-35-64-3)21-31-52(54)53-32-22-47(43-55(53)60-57)59(63)70-41-34-45-19-25-49(26-20-45)66-38-15-10-11-16-39-68-56(61)5-2/h5,17-32,42-43H,2,4,6-16,33-41H2,1,3H3. The molecule has 0 bridgehead atoms. The minimum Gasteiger partial charge on any atom is -0.494 e. The van der Waals surface area contributed by atoms with Crippen LogP contribution >= 0.6 is 11.8 Å². The van der Waals surface area contributed by atoms with Crippen molar-refractivity contribution < 1.29 is 47.5 Å². The average molecular weight is 984 g/mol. The maximum absolute atomic E-state index is 13.5. The third-order valence-electron chi connectivity index (χ3n) is 11.9. The number of hydrogen-bond donors (Lipinski definition) is 0. The summed E-state index contributed by atoms with van der Waals surface area (Å²) in [6, 6.07) is 34.7. The molecule has 0 saturated carbocycles. The first-order valence-electron chi connectivity index (χ1n) is 25.2. The van der Waals surface area contributed by atoms with E-state index in [1.54, 1.807) is 25.3 Å². The van der Waals surface area contributed by atoms with Gasteiger partial charge in [-0.15, -0.1) is 0 Å². The molecule has 0 aliphatic carbocycles. The van der Waals surface area contributed by atoms with Gasteiger partial charge in [-0.1, -0.05) is 87.3 Å². The lowest BCUT2D eigenvalue weighted by atomic mass is 10.0. The van der Waals surface area contributed by atoms with Gasteiger partial charge in [-0.25, -0.2) is 19.4 Å². The number of aromatic nitrogens is 1.